The molecule has 2 atom stereocenters. The van der Waals surface area contributed by atoms with Crippen LogP contribution in [0.5, 0.6) is 0 Å². The maximum Gasteiger partial charge on any atom is 0.288 e. The monoisotopic (exact) mass is 421 g/mol. The largest absolute Gasteiger partial charge is 0.345 e. The number of hydrogen-bond donors (Lipinski definition) is 1. The Kier molecular flexibility index (Phi) is 5.42. The molecule has 0 saturated carbocycles. The van der Waals surface area contributed by atoms with E-state index in [4.69, 9.17) is 11.6 Å². The Morgan fingerprint density at radius 1 is 1.10 bits per heavy atom. The quantitative estimate of drug-likeness (QED) is 0.436. The van der Waals surface area contributed by atoms with Gasteiger partial charge in [0.25, 0.3) is 11.6 Å². The molecule has 2 unspecified atom stereocenters. The van der Waals surface area contributed by atoms with Crippen LogP contribution >= 0.6 is 11.6 Å². The molecule has 0 aliphatic carbocycles. The minimum atomic E-state index is -0.491. The van der Waals surface area contributed by atoms with Crippen LogP contribution in [0.4, 0.5) is 17.1 Å². The van der Waals surface area contributed by atoms with Gasteiger partial charge in [-0.1, -0.05) is 48.0 Å². The van der Waals surface area contributed by atoms with Gasteiger partial charge in [-0.3, -0.25) is 14.9 Å². The van der Waals surface area contributed by atoms with Gasteiger partial charge in [-0.05, 0) is 49.2 Å². The number of nitro groups is 1. The first kappa shape index (κ1) is 19.9. The second kappa shape index (κ2) is 8.16. The summed E-state index contributed by atoms with van der Waals surface area (Å²) in [5, 5.41) is 14.3. The SMILES string of the molecule is CC1CC(NC(=O)c2ccccc2)c2ccccc2N1c1ccc([N+](=O)[O-])c(Cl)c1. The molecule has 7 heteroatoms. The van der Waals surface area contributed by atoms with Crippen LogP contribution in [0, 0.1) is 10.1 Å². The highest BCUT2D eigenvalue weighted by Gasteiger charge is 2.32. The van der Waals surface area contributed by atoms with E-state index in [2.05, 4.69) is 17.1 Å². The molecule has 1 heterocycles. The second-order valence-electron chi connectivity index (χ2n) is 7.30. The Morgan fingerprint density at radius 2 is 1.80 bits per heavy atom. The fourth-order valence-electron chi connectivity index (χ4n) is 3.97. The highest BCUT2D eigenvalue weighted by molar-refractivity contribution is 6.33. The van der Waals surface area contributed by atoms with E-state index in [0.717, 1.165) is 16.9 Å². The first-order valence-electron chi connectivity index (χ1n) is 9.63. The molecule has 0 spiro atoms. The topological polar surface area (TPSA) is 75.5 Å². The number of benzene rings is 3. The number of fused-ring (bicyclic) bond motifs is 1. The highest BCUT2D eigenvalue weighted by atomic mass is 35.5. The smallest absolute Gasteiger partial charge is 0.288 e. The minimum Gasteiger partial charge on any atom is -0.345 e. The van der Waals surface area contributed by atoms with E-state index in [0.29, 0.717) is 12.0 Å². The summed E-state index contributed by atoms with van der Waals surface area (Å²) >= 11 is 6.16. The Hall–Kier alpha value is -3.38. The van der Waals surface area contributed by atoms with E-state index >= 15 is 0 Å². The third kappa shape index (κ3) is 3.74. The molecular formula is C23H20ClN3O3. The Morgan fingerprint density at radius 3 is 2.50 bits per heavy atom. The number of anilines is 2. The molecule has 0 fully saturated rings. The summed E-state index contributed by atoms with van der Waals surface area (Å²) in [4.78, 5) is 25.4. The molecule has 6 nitrogen and oxygen atoms in total. The van der Waals surface area contributed by atoms with Crippen molar-refractivity contribution in [1.82, 2.24) is 5.32 Å². The molecule has 0 radical (unpaired) electrons. The van der Waals surface area contributed by atoms with Crippen molar-refractivity contribution in [1.29, 1.82) is 0 Å². The lowest BCUT2D eigenvalue weighted by Gasteiger charge is -2.41. The minimum absolute atomic E-state index is 0.0403. The van der Waals surface area contributed by atoms with Gasteiger partial charge >= 0.3 is 0 Å². The number of nitrogens with zero attached hydrogens (tertiary/aromatic N) is 2. The van der Waals surface area contributed by atoms with Gasteiger partial charge in [0.15, 0.2) is 0 Å². The number of carbonyl (C=O) groups excluding carboxylic acids is 1. The first-order valence-corrected chi connectivity index (χ1v) is 10.0. The predicted molar refractivity (Wildman–Crippen MR) is 117 cm³/mol. The fourth-order valence-corrected chi connectivity index (χ4v) is 4.21. The molecule has 3 aromatic carbocycles. The van der Waals surface area contributed by atoms with E-state index < -0.39 is 4.92 Å². The molecule has 30 heavy (non-hydrogen) atoms. The summed E-state index contributed by atoms with van der Waals surface area (Å²) in [6.07, 6.45) is 0.685. The van der Waals surface area contributed by atoms with Crippen molar-refractivity contribution in [3.63, 3.8) is 0 Å². The lowest BCUT2D eigenvalue weighted by Crippen LogP contribution is -2.41. The number of halogens is 1. The van der Waals surface area contributed by atoms with Crippen molar-refractivity contribution < 1.29 is 9.72 Å². The van der Waals surface area contributed by atoms with Gasteiger partial charge in [-0.2, -0.15) is 0 Å². The molecule has 0 saturated heterocycles. The Bertz CT molecular complexity index is 1100. The fraction of sp³-hybridized carbons (Fsp3) is 0.174. The summed E-state index contributed by atoms with van der Waals surface area (Å²) in [6.45, 7) is 2.06. The maximum absolute atomic E-state index is 12.7. The number of rotatable bonds is 4. The summed E-state index contributed by atoms with van der Waals surface area (Å²) in [5.41, 5.74) is 3.21. The van der Waals surface area contributed by atoms with E-state index in [-0.39, 0.29) is 28.7 Å². The van der Waals surface area contributed by atoms with Crippen LogP contribution in [0.2, 0.25) is 5.02 Å². The average molecular weight is 422 g/mol. The number of amides is 1. The molecule has 1 amide bonds. The standard InChI is InChI=1S/C23H20ClN3O3/c1-15-13-20(25-23(28)16-7-3-2-4-8-16)18-9-5-6-10-21(18)26(15)17-11-12-22(27(29)30)19(24)14-17/h2-12,14-15,20H,13H2,1H3,(H,25,28). The van der Waals surface area contributed by atoms with Crippen LogP contribution in [-0.4, -0.2) is 16.9 Å². The van der Waals surface area contributed by atoms with Crippen molar-refractivity contribution in [3.05, 3.63) is 99.1 Å². The van der Waals surface area contributed by atoms with Crippen molar-refractivity contribution in [3.8, 4) is 0 Å². The molecule has 3 aromatic rings. The van der Waals surface area contributed by atoms with E-state index in [1.807, 2.05) is 42.5 Å². The Labute approximate surface area is 179 Å². The number of hydrogen-bond acceptors (Lipinski definition) is 4. The van der Waals surface area contributed by atoms with Crippen LogP contribution < -0.4 is 10.2 Å². The van der Waals surface area contributed by atoms with Gasteiger partial charge in [0.1, 0.15) is 5.02 Å². The highest BCUT2D eigenvalue weighted by Crippen LogP contribution is 2.43. The predicted octanol–water partition coefficient (Wildman–Crippen LogP) is 5.65. The molecule has 0 aromatic heterocycles. The summed E-state index contributed by atoms with van der Waals surface area (Å²) in [5.74, 6) is -0.116. The van der Waals surface area contributed by atoms with E-state index in [9.17, 15) is 14.9 Å². The second-order valence-corrected chi connectivity index (χ2v) is 7.71. The average Bonchev–Trinajstić information content (AvgIpc) is 2.74. The lowest BCUT2D eigenvalue weighted by atomic mass is 9.91. The molecule has 1 aliphatic rings. The number of para-hydroxylation sites is 1. The van der Waals surface area contributed by atoms with Crippen molar-refractivity contribution in [2.75, 3.05) is 4.90 Å². The van der Waals surface area contributed by atoms with Gasteiger partial charge in [0, 0.05) is 29.0 Å². The van der Waals surface area contributed by atoms with Gasteiger partial charge in [-0.25, -0.2) is 0 Å². The normalized spacial score (nSPS) is 17.9. The summed E-state index contributed by atoms with van der Waals surface area (Å²) < 4.78 is 0. The third-order valence-corrected chi connectivity index (χ3v) is 5.64. The molecule has 0 bridgehead atoms. The van der Waals surface area contributed by atoms with Crippen molar-refractivity contribution >= 4 is 34.6 Å². The maximum atomic E-state index is 12.7. The van der Waals surface area contributed by atoms with Crippen LogP contribution in [-0.2, 0) is 0 Å². The first-order chi connectivity index (χ1) is 14.5. The zero-order valence-electron chi connectivity index (χ0n) is 16.3. The van der Waals surface area contributed by atoms with Gasteiger partial charge < -0.3 is 10.2 Å². The zero-order chi connectivity index (χ0) is 21.3. The van der Waals surface area contributed by atoms with Crippen LogP contribution in [0.15, 0.2) is 72.8 Å². The molecule has 1 N–H and O–H groups in total. The molecule has 152 valence electrons. The third-order valence-electron chi connectivity index (χ3n) is 5.34. The Balaban J connectivity index is 1.68. The molecule has 4 rings (SSSR count). The summed E-state index contributed by atoms with van der Waals surface area (Å²) in [7, 11) is 0. The number of nitro benzene ring substituents is 1. The van der Waals surface area contributed by atoms with Crippen LogP contribution in [0.3, 0.4) is 0 Å². The van der Waals surface area contributed by atoms with Crippen molar-refractivity contribution in [2.45, 2.75) is 25.4 Å². The van der Waals surface area contributed by atoms with Crippen LogP contribution in [0.1, 0.15) is 35.3 Å². The van der Waals surface area contributed by atoms with Crippen molar-refractivity contribution in [2.24, 2.45) is 0 Å². The number of carbonyl (C=O) groups is 1. The lowest BCUT2D eigenvalue weighted by molar-refractivity contribution is -0.384. The number of nitrogens with one attached hydrogen (secondary N) is 1. The zero-order valence-corrected chi connectivity index (χ0v) is 17.0. The van der Waals surface area contributed by atoms with Gasteiger partial charge in [-0.15, -0.1) is 0 Å². The van der Waals surface area contributed by atoms with Gasteiger partial charge in [0.05, 0.1) is 11.0 Å². The van der Waals surface area contributed by atoms with E-state index in [1.54, 1.807) is 24.3 Å². The molecular weight excluding hydrogens is 402 g/mol. The van der Waals surface area contributed by atoms with E-state index in [1.165, 1.54) is 6.07 Å². The van der Waals surface area contributed by atoms with Gasteiger partial charge in [0.2, 0.25) is 0 Å². The molecule has 1 aliphatic heterocycles. The summed E-state index contributed by atoms with van der Waals surface area (Å²) in [6, 6.07) is 21.7. The van der Waals surface area contributed by atoms with Crippen LogP contribution in [0.25, 0.3) is 0 Å².